The van der Waals surface area contributed by atoms with Crippen molar-refractivity contribution in [2.24, 2.45) is 0 Å². The molecule has 1 heterocycles. The normalized spacial score (nSPS) is 22.4. The molecule has 1 atom stereocenters. The minimum Gasteiger partial charge on any atom is -0.396 e. The fraction of sp³-hybridized carbons (Fsp3) is 0.538. The van der Waals surface area contributed by atoms with E-state index in [-0.39, 0.29) is 17.6 Å². The minimum absolute atomic E-state index is 0.229. The van der Waals surface area contributed by atoms with Crippen LogP contribution in [0.15, 0.2) is 18.2 Å². The van der Waals surface area contributed by atoms with Crippen LogP contribution in [0.3, 0.4) is 0 Å². The summed E-state index contributed by atoms with van der Waals surface area (Å²) in [5, 5.41) is 0. The van der Waals surface area contributed by atoms with E-state index in [1.54, 1.807) is 6.07 Å². The van der Waals surface area contributed by atoms with Crippen molar-refractivity contribution in [2.75, 3.05) is 25.4 Å². The van der Waals surface area contributed by atoms with Crippen molar-refractivity contribution < 1.29 is 9.13 Å². The zero-order valence-corrected chi connectivity index (χ0v) is 10.2. The summed E-state index contributed by atoms with van der Waals surface area (Å²) < 4.78 is 18.9. The smallest absolute Gasteiger partial charge is 0.146 e. The largest absolute Gasteiger partial charge is 0.396 e. The second-order valence-electron chi connectivity index (χ2n) is 4.58. The molecule has 0 radical (unpaired) electrons. The molecule has 0 aliphatic carbocycles. The number of nitrogen functional groups attached to an aromatic ring is 1. The molecule has 1 aromatic carbocycles. The molecule has 3 nitrogen and oxygen atoms in total. The number of ether oxygens (including phenoxy) is 1. The number of para-hydroxylation sites is 1. The molecule has 0 aromatic heterocycles. The van der Waals surface area contributed by atoms with Crippen molar-refractivity contribution in [3.05, 3.63) is 29.6 Å². The van der Waals surface area contributed by atoms with E-state index in [9.17, 15) is 4.39 Å². The zero-order chi connectivity index (χ0) is 12.3. The molecular weight excluding hydrogens is 219 g/mol. The highest BCUT2D eigenvalue weighted by Gasteiger charge is 2.16. The van der Waals surface area contributed by atoms with Gasteiger partial charge in [-0.1, -0.05) is 12.1 Å². The lowest BCUT2D eigenvalue weighted by Crippen LogP contribution is -2.30. The van der Waals surface area contributed by atoms with Crippen LogP contribution >= 0.6 is 0 Å². The second-order valence-corrected chi connectivity index (χ2v) is 4.58. The summed E-state index contributed by atoms with van der Waals surface area (Å²) in [5.41, 5.74) is 6.87. The Morgan fingerprint density at radius 1 is 1.53 bits per heavy atom. The molecule has 17 heavy (non-hydrogen) atoms. The van der Waals surface area contributed by atoms with Gasteiger partial charge in [-0.15, -0.1) is 0 Å². The van der Waals surface area contributed by atoms with Crippen molar-refractivity contribution in [2.45, 2.75) is 26.0 Å². The summed E-state index contributed by atoms with van der Waals surface area (Å²) in [6.07, 6.45) is 1.24. The first kappa shape index (κ1) is 12.3. The van der Waals surface area contributed by atoms with Crippen LogP contribution in [-0.2, 0) is 11.3 Å². The molecule has 1 saturated heterocycles. The third kappa shape index (κ3) is 3.17. The SMILES string of the molecule is CC1CN(Cc2cccc(F)c2N)CCCO1. The van der Waals surface area contributed by atoms with Crippen LogP contribution in [-0.4, -0.2) is 30.7 Å². The molecular formula is C13H19FN2O. The van der Waals surface area contributed by atoms with Crippen molar-refractivity contribution in [1.29, 1.82) is 0 Å². The van der Waals surface area contributed by atoms with Crippen LogP contribution in [0.5, 0.6) is 0 Å². The number of rotatable bonds is 2. The summed E-state index contributed by atoms with van der Waals surface area (Å²) in [6, 6.07) is 4.99. The van der Waals surface area contributed by atoms with Crippen molar-refractivity contribution in [3.8, 4) is 0 Å². The van der Waals surface area contributed by atoms with E-state index in [2.05, 4.69) is 11.8 Å². The van der Waals surface area contributed by atoms with Gasteiger partial charge in [0.2, 0.25) is 0 Å². The highest BCUT2D eigenvalue weighted by atomic mass is 19.1. The Bertz CT molecular complexity index is 384. The number of halogens is 1. The Labute approximate surface area is 101 Å². The van der Waals surface area contributed by atoms with E-state index >= 15 is 0 Å². The number of hydrogen-bond donors (Lipinski definition) is 1. The van der Waals surface area contributed by atoms with Gasteiger partial charge in [0.15, 0.2) is 0 Å². The lowest BCUT2D eigenvalue weighted by Gasteiger charge is -2.22. The topological polar surface area (TPSA) is 38.5 Å². The number of nitrogens with two attached hydrogens (primary N) is 1. The molecule has 1 unspecified atom stereocenters. The zero-order valence-electron chi connectivity index (χ0n) is 10.2. The van der Waals surface area contributed by atoms with Gasteiger partial charge in [-0.05, 0) is 25.0 Å². The van der Waals surface area contributed by atoms with Crippen LogP contribution in [0.2, 0.25) is 0 Å². The van der Waals surface area contributed by atoms with E-state index in [0.29, 0.717) is 6.54 Å². The number of anilines is 1. The average Bonchev–Trinajstić information content (AvgIpc) is 2.49. The number of nitrogens with zero attached hydrogens (tertiary/aromatic N) is 1. The Balaban J connectivity index is 2.06. The Kier molecular flexibility index (Phi) is 3.97. The van der Waals surface area contributed by atoms with Crippen molar-refractivity contribution in [3.63, 3.8) is 0 Å². The highest BCUT2D eigenvalue weighted by Crippen LogP contribution is 2.19. The van der Waals surface area contributed by atoms with Gasteiger partial charge in [0.1, 0.15) is 5.82 Å². The molecule has 1 fully saturated rings. The molecule has 0 spiro atoms. The highest BCUT2D eigenvalue weighted by molar-refractivity contribution is 5.47. The van der Waals surface area contributed by atoms with Gasteiger partial charge in [-0.25, -0.2) is 4.39 Å². The van der Waals surface area contributed by atoms with Crippen molar-refractivity contribution in [1.82, 2.24) is 4.90 Å². The molecule has 1 aromatic rings. The van der Waals surface area contributed by atoms with Crippen molar-refractivity contribution >= 4 is 5.69 Å². The minimum atomic E-state index is -0.332. The Morgan fingerprint density at radius 2 is 2.35 bits per heavy atom. The first-order valence-corrected chi connectivity index (χ1v) is 6.03. The van der Waals surface area contributed by atoms with E-state index < -0.39 is 0 Å². The molecule has 2 N–H and O–H groups in total. The molecule has 4 heteroatoms. The predicted octanol–water partition coefficient (Wildman–Crippen LogP) is 2.02. The molecule has 1 aliphatic heterocycles. The van der Waals surface area contributed by atoms with E-state index in [4.69, 9.17) is 10.5 Å². The molecule has 94 valence electrons. The quantitative estimate of drug-likeness (QED) is 0.801. The van der Waals surface area contributed by atoms with Gasteiger partial charge >= 0.3 is 0 Å². The third-order valence-corrected chi connectivity index (χ3v) is 3.07. The van der Waals surface area contributed by atoms with Crippen LogP contribution in [0.4, 0.5) is 10.1 Å². The first-order valence-electron chi connectivity index (χ1n) is 6.03. The lowest BCUT2D eigenvalue weighted by molar-refractivity contribution is 0.0668. The van der Waals surface area contributed by atoms with Crippen LogP contribution in [0.25, 0.3) is 0 Å². The summed E-state index contributed by atoms with van der Waals surface area (Å²) in [4.78, 5) is 2.27. The number of benzene rings is 1. The van der Waals surface area contributed by atoms with Crippen LogP contribution in [0, 0.1) is 5.82 Å². The van der Waals surface area contributed by atoms with E-state index in [1.165, 1.54) is 6.07 Å². The van der Waals surface area contributed by atoms with E-state index in [0.717, 1.165) is 31.7 Å². The monoisotopic (exact) mass is 238 g/mol. The van der Waals surface area contributed by atoms with Crippen LogP contribution < -0.4 is 5.73 Å². The van der Waals surface area contributed by atoms with Crippen LogP contribution in [0.1, 0.15) is 18.9 Å². The summed E-state index contributed by atoms with van der Waals surface area (Å²) in [5.74, 6) is -0.332. The van der Waals surface area contributed by atoms with Gasteiger partial charge in [-0.3, -0.25) is 4.90 Å². The fourth-order valence-corrected chi connectivity index (χ4v) is 2.18. The number of hydrogen-bond acceptors (Lipinski definition) is 3. The van der Waals surface area contributed by atoms with Gasteiger partial charge in [0.25, 0.3) is 0 Å². The lowest BCUT2D eigenvalue weighted by atomic mass is 10.1. The van der Waals surface area contributed by atoms with Gasteiger partial charge in [-0.2, -0.15) is 0 Å². The predicted molar refractivity (Wildman–Crippen MR) is 66.1 cm³/mol. The maximum absolute atomic E-state index is 13.3. The van der Waals surface area contributed by atoms with Gasteiger partial charge in [0, 0.05) is 26.2 Å². The fourth-order valence-electron chi connectivity index (χ4n) is 2.18. The first-order chi connectivity index (χ1) is 8.16. The maximum atomic E-state index is 13.3. The Morgan fingerprint density at radius 3 is 3.18 bits per heavy atom. The maximum Gasteiger partial charge on any atom is 0.146 e. The second kappa shape index (κ2) is 5.47. The third-order valence-electron chi connectivity index (χ3n) is 3.07. The molecule has 2 rings (SSSR count). The standard InChI is InChI=1S/C13H19FN2O/c1-10-8-16(6-3-7-17-10)9-11-4-2-5-12(14)13(11)15/h2,4-5,10H,3,6-9,15H2,1H3. The molecule has 0 amide bonds. The average molecular weight is 238 g/mol. The Hall–Kier alpha value is -1.13. The van der Waals surface area contributed by atoms with Gasteiger partial charge in [0.05, 0.1) is 11.8 Å². The summed E-state index contributed by atoms with van der Waals surface area (Å²) in [6.45, 7) is 5.40. The van der Waals surface area contributed by atoms with Gasteiger partial charge < -0.3 is 10.5 Å². The molecule has 1 aliphatic rings. The van der Waals surface area contributed by atoms with E-state index in [1.807, 2.05) is 6.07 Å². The summed E-state index contributed by atoms with van der Waals surface area (Å²) >= 11 is 0. The molecule has 0 bridgehead atoms. The summed E-state index contributed by atoms with van der Waals surface area (Å²) in [7, 11) is 0. The molecule has 0 saturated carbocycles.